The minimum Gasteiger partial charge on any atom is -0.494 e. The Morgan fingerprint density at radius 3 is 2.64 bits per heavy atom. The van der Waals surface area contributed by atoms with Crippen LogP contribution in [0.25, 0.3) is 11.3 Å². The van der Waals surface area contributed by atoms with Crippen LogP contribution in [0.15, 0.2) is 51.5 Å². The molecule has 146 valence electrons. The summed E-state index contributed by atoms with van der Waals surface area (Å²) in [5.41, 5.74) is 2.17. The van der Waals surface area contributed by atoms with Crippen molar-refractivity contribution >= 4 is 27.5 Å². The first kappa shape index (κ1) is 19.9. The van der Waals surface area contributed by atoms with Crippen LogP contribution in [-0.2, 0) is 0 Å². The zero-order valence-corrected chi connectivity index (χ0v) is 17.5. The number of halogens is 1. The fourth-order valence-corrected chi connectivity index (χ4v) is 3.20. The summed E-state index contributed by atoms with van der Waals surface area (Å²) in [5.74, 6) is 1.32. The molecule has 0 bridgehead atoms. The first-order chi connectivity index (χ1) is 13.5. The summed E-state index contributed by atoms with van der Waals surface area (Å²) in [6.07, 6.45) is 0. The number of hydrogen-bond donors (Lipinski definition) is 1. The maximum atomic E-state index is 13.1. The molecule has 0 saturated heterocycles. The van der Waals surface area contributed by atoms with E-state index in [1.54, 1.807) is 19.1 Å². The molecule has 1 heterocycles. The second-order valence-electron chi connectivity index (χ2n) is 5.95. The molecule has 1 N–H and O–H groups in total. The molecule has 0 spiro atoms. The lowest BCUT2D eigenvalue weighted by molar-refractivity contribution is 0.102. The topological polar surface area (TPSA) is 73.6 Å². The lowest BCUT2D eigenvalue weighted by Gasteiger charge is -2.13. The summed E-state index contributed by atoms with van der Waals surface area (Å²) in [6.45, 7) is 6.51. The van der Waals surface area contributed by atoms with Gasteiger partial charge in [0.15, 0.2) is 0 Å². The van der Waals surface area contributed by atoms with Gasteiger partial charge in [0.25, 0.3) is 5.91 Å². The zero-order chi connectivity index (χ0) is 20.1. The second kappa shape index (κ2) is 8.93. The predicted octanol–water partition coefficient (Wildman–Crippen LogP) is 5.46. The Morgan fingerprint density at radius 1 is 1.14 bits per heavy atom. The van der Waals surface area contributed by atoms with Crippen molar-refractivity contribution in [2.75, 3.05) is 18.5 Å². The van der Waals surface area contributed by atoms with Crippen molar-refractivity contribution in [1.82, 2.24) is 5.16 Å². The van der Waals surface area contributed by atoms with E-state index in [2.05, 4.69) is 26.4 Å². The van der Waals surface area contributed by atoms with Gasteiger partial charge in [0, 0.05) is 16.1 Å². The lowest BCUT2D eigenvalue weighted by atomic mass is 10.1. The van der Waals surface area contributed by atoms with E-state index in [9.17, 15) is 4.79 Å². The average Bonchev–Trinajstić information content (AvgIpc) is 3.06. The van der Waals surface area contributed by atoms with Crippen molar-refractivity contribution in [3.05, 3.63) is 58.3 Å². The number of aryl methyl sites for hydroxylation is 1. The Bertz CT molecular complexity index is 984. The zero-order valence-electron chi connectivity index (χ0n) is 15.9. The number of carbonyl (C=O) groups is 1. The summed E-state index contributed by atoms with van der Waals surface area (Å²) in [7, 11) is 0. The van der Waals surface area contributed by atoms with E-state index in [-0.39, 0.29) is 5.91 Å². The molecule has 3 aromatic rings. The number of amides is 1. The molecule has 28 heavy (non-hydrogen) atoms. The number of carbonyl (C=O) groups excluding carboxylic acids is 1. The van der Waals surface area contributed by atoms with Crippen LogP contribution in [0.3, 0.4) is 0 Å². The fraction of sp³-hybridized carbons (Fsp3) is 0.238. The van der Waals surface area contributed by atoms with E-state index in [0.717, 1.165) is 10.0 Å². The van der Waals surface area contributed by atoms with Crippen LogP contribution in [0.4, 0.5) is 5.69 Å². The summed E-state index contributed by atoms with van der Waals surface area (Å²) >= 11 is 3.44. The molecule has 0 fully saturated rings. The van der Waals surface area contributed by atoms with Gasteiger partial charge in [-0.15, -0.1) is 0 Å². The van der Waals surface area contributed by atoms with Gasteiger partial charge < -0.3 is 19.3 Å². The van der Waals surface area contributed by atoms with Crippen molar-refractivity contribution < 1.29 is 18.8 Å². The summed E-state index contributed by atoms with van der Waals surface area (Å²) in [5, 5.41) is 6.99. The molecule has 0 aliphatic heterocycles. The van der Waals surface area contributed by atoms with Crippen LogP contribution in [-0.4, -0.2) is 24.3 Å². The van der Waals surface area contributed by atoms with Gasteiger partial charge >= 0.3 is 0 Å². The Labute approximate surface area is 172 Å². The third-order valence-electron chi connectivity index (χ3n) is 4.00. The van der Waals surface area contributed by atoms with Gasteiger partial charge in [-0.3, -0.25) is 4.79 Å². The molecule has 0 aliphatic rings. The molecule has 0 atom stereocenters. The average molecular weight is 445 g/mol. The van der Waals surface area contributed by atoms with E-state index >= 15 is 0 Å². The van der Waals surface area contributed by atoms with Crippen LogP contribution >= 0.6 is 15.9 Å². The van der Waals surface area contributed by atoms with Gasteiger partial charge in [-0.2, -0.15) is 0 Å². The number of nitrogens with one attached hydrogen (secondary N) is 1. The maximum absolute atomic E-state index is 13.1. The van der Waals surface area contributed by atoms with Crippen molar-refractivity contribution in [1.29, 1.82) is 0 Å². The van der Waals surface area contributed by atoms with E-state index < -0.39 is 0 Å². The van der Waals surface area contributed by atoms with E-state index in [1.807, 2.05) is 44.2 Å². The van der Waals surface area contributed by atoms with Gasteiger partial charge in [-0.05, 0) is 45.0 Å². The minimum absolute atomic E-state index is 0.330. The van der Waals surface area contributed by atoms with E-state index in [4.69, 9.17) is 14.0 Å². The highest BCUT2D eigenvalue weighted by Gasteiger charge is 2.23. The molecule has 0 radical (unpaired) electrons. The van der Waals surface area contributed by atoms with Gasteiger partial charge in [-0.1, -0.05) is 33.2 Å². The third kappa shape index (κ3) is 4.36. The number of aromatic nitrogens is 1. The fourth-order valence-electron chi connectivity index (χ4n) is 2.80. The molecule has 0 aliphatic carbocycles. The number of benzene rings is 2. The van der Waals surface area contributed by atoms with Crippen molar-refractivity contribution in [3.63, 3.8) is 0 Å². The smallest absolute Gasteiger partial charge is 0.261 e. The third-order valence-corrected chi connectivity index (χ3v) is 4.49. The second-order valence-corrected chi connectivity index (χ2v) is 6.87. The Kier molecular flexibility index (Phi) is 6.36. The van der Waals surface area contributed by atoms with Gasteiger partial charge in [0.05, 0.1) is 18.9 Å². The first-order valence-corrected chi connectivity index (χ1v) is 9.76. The summed E-state index contributed by atoms with van der Waals surface area (Å²) in [6, 6.07) is 12.9. The van der Waals surface area contributed by atoms with Gasteiger partial charge in [0.2, 0.25) is 0 Å². The number of ether oxygens (including phenoxy) is 2. The molecular formula is C21H21BrN2O4. The molecule has 2 aromatic carbocycles. The first-order valence-electron chi connectivity index (χ1n) is 8.96. The molecule has 3 rings (SSSR count). The van der Waals surface area contributed by atoms with Crippen molar-refractivity contribution in [2.24, 2.45) is 0 Å². The van der Waals surface area contributed by atoms with Crippen LogP contribution < -0.4 is 14.8 Å². The molecule has 6 nitrogen and oxygen atoms in total. The van der Waals surface area contributed by atoms with E-state index in [0.29, 0.717) is 47.4 Å². The van der Waals surface area contributed by atoms with Crippen molar-refractivity contribution in [3.8, 4) is 22.8 Å². The number of nitrogens with zero attached hydrogens (tertiary/aromatic N) is 1. The number of hydrogen-bond acceptors (Lipinski definition) is 5. The van der Waals surface area contributed by atoms with Crippen molar-refractivity contribution in [2.45, 2.75) is 20.8 Å². The Hall–Kier alpha value is -2.80. The summed E-state index contributed by atoms with van der Waals surface area (Å²) in [4.78, 5) is 13.1. The molecule has 0 saturated carbocycles. The highest BCUT2D eigenvalue weighted by atomic mass is 79.9. The number of rotatable bonds is 7. The highest BCUT2D eigenvalue weighted by Crippen LogP contribution is 2.32. The van der Waals surface area contributed by atoms with Gasteiger partial charge in [-0.25, -0.2) is 0 Å². The molecule has 0 unspecified atom stereocenters. The lowest BCUT2D eigenvalue weighted by Crippen LogP contribution is -2.14. The van der Waals surface area contributed by atoms with Crippen LogP contribution in [0, 0.1) is 6.92 Å². The minimum atomic E-state index is -0.330. The molecule has 7 heteroatoms. The largest absolute Gasteiger partial charge is 0.494 e. The normalized spacial score (nSPS) is 10.6. The highest BCUT2D eigenvalue weighted by molar-refractivity contribution is 9.10. The monoisotopic (exact) mass is 444 g/mol. The predicted molar refractivity (Wildman–Crippen MR) is 111 cm³/mol. The van der Waals surface area contributed by atoms with Gasteiger partial charge in [0.1, 0.15) is 28.5 Å². The Balaban J connectivity index is 1.96. The quantitative estimate of drug-likeness (QED) is 0.523. The van der Waals surface area contributed by atoms with Crippen LogP contribution in [0.2, 0.25) is 0 Å². The number of anilines is 1. The van der Waals surface area contributed by atoms with Crippen LogP contribution in [0.1, 0.15) is 30.0 Å². The summed E-state index contributed by atoms with van der Waals surface area (Å²) < 4.78 is 17.4. The Morgan fingerprint density at radius 2 is 1.93 bits per heavy atom. The molecule has 1 aromatic heterocycles. The SMILES string of the molecule is CCOc1ccc(OCC)c(NC(=O)c2c(-c3cccc(Br)c3)noc2C)c1. The molecule has 1 amide bonds. The standard InChI is InChI=1S/C21H21BrN2O4/c1-4-26-16-9-10-18(27-5-2)17(12-16)23-21(25)19-13(3)28-24-20(19)14-7-6-8-15(22)11-14/h6-12H,4-5H2,1-3H3,(H,23,25). The van der Waals surface area contributed by atoms with Crippen LogP contribution in [0.5, 0.6) is 11.5 Å². The molecular weight excluding hydrogens is 424 g/mol. The maximum Gasteiger partial charge on any atom is 0.261 e. The van der Waals surface area contributed by atoms with E-state index in [1.165, 1.54) is 0 Å².